The normalized spacial score (nSPS) is 16.3. The van der Waals surface area contributed by atoms with Gasteiger partial charge in [-0.2, -0.15) is 5.10 Å². The number of hydrazone groups is 1. The highest BCUT2D eigenvalue weighted by Crippen LogP contribution is 2.27. The molecule has 37 heavy (non-hydrogen) atoms. The van der Waals surface area contributed by atoms with Crippen molar-refractivity contribution in [1.29, 1.82) is 0 Å². The molecule has 6 nitrogen and oxygen atoms in total. The zero-order valence-electron chi connectivity index (χ0n) is 20.1. The van der Waals surface area contributed by atoms with Crippen LogP contribution in [0.3, 0.4) is 0 Å². The van der Waals surface area contributed by atoms with Crippen molar-refractivity contribution < 1.29 is 13.5 Å². The molecule has 3 aromatic rings. The van der Waals surface area contributed by atoms with Crippen LogP contribution in [0.2, 0.25) is 5.02 Å². The van der Waals surface area contributed by atoms with Gasteiger partial charge in [-0.05, 0) is 35.5 Å². The second-order valence-corrected chi connectivity index (χ2v) is 9.57. The van der Waals surface area contributed by atoms with Crippen LogP contribution >= 0.6 is 23.8 Å². The Morgan fingerprint density at radius 2 is 1.86 bits per heavy atom. The Kier molecular flexibility index (Phi) is 9.40. The van der Waals surface area contributed by atoms with Gasteiger partial charge in [0, 0.05) is 42.8 Å². The first-order valence-electron chi connectivity index (χ1n) is 11.8. The predicted octanol–water partition coefficient (Wildman–Crippen LogP) is 4.69. The predicted molar refractivity (Wildman–Crippen MR) is 148 cm³/mol. The maximum absolute atomic E-state index is 15.1. The highest BCUT2D eigenvalue weighted by molar-refractivity contribution is 7.80. The molecule has 0 aromatic heterocycles. The Bertz CT molecular complexity index is 1250. The number of nitrogens with two attached hydrogens (primary N) is 1. The zero-order valence-corrected chi connectivity index (χ0v) is 21.7. The molecule has 0 bridgehead atoms. The van der Waals surface area contributed by atoms with E-state index >= 15 is 4.39 Å². The highest BCUT2D eigenvalue weighted by atomic mass is 35.5. The molecule has 0 amide bonds. The maximum Gasteiger partial charge on any atom is 0.184 e. The van der Waals surface area contributed by atoms with Crippen LogP contribution in [0.5, 0.6) is 0 Å². The van der Waals surface area contributed by atoms with E-state index in [1.807, 2.05) is 59.5 Å². The molecule has 0 aliphatic carbocycles. The van der Waals surface area contributed by atoms with Crippen LogP contribution in [0.25, 0.3) is 0 Å². The van der Waals surface area contributed by atoms with Gasteiger partial charge in [0.25, 0.3) is 0 Å². The number of nitrogens with zero attached hydrogens (tertiary/aromatic N) is 3. The van der Waals surface area contributed by atoms with Gasteiger partial charge in [0.15, 0.2) is 5.11 Å². The molecule has 0 unspecified atom stereocenters. The molecular formula is C27H28ClF2N5OS. The van der Waals surface area contributed by atoms with E-state index in [4.69, 9.17) is 22.1 Å². The minimum absolute atomic E-state index is 0.00917. The van der Waals surface area contributed by atoms with Crippen LogP contribution in [-0.2, 0) is 17.9 Å². The largest absolute Gasteiger partial charge is 0.375 e. The van der Waals surface area contributed by atoms with Crippen molar-refractivity contribution in [2.45, 2.75) is 19.2 Å². The number of hydrogen-bond donors (Lipinski definition) is 2. The van der Waals surface area contributed by atoms with Gasteiger partial charge in [-0.1, -0.05) is 60.1 Å². The molecule has 3 N–H and O–H groups in total. The van der Waals surface area contributed by atoms with Crippen molar-refractivity contribution in [1.82, 2.24) is 10.3 Å². The first-order valence-corrected chi connectivity index (χ1v) is 12.6. The Hall–Kier alpha value is -3.11. The number of nitrogens with one attached hydrogen (secondary N) is 1. The number of thiocarbonyl (C=S) groups is 1. The first-order chi connectivity index (χ1) is 17.9. The zero-order chi connectivity index (χ0) is 26.2. The molecule has 0 saturated carbocycles. The maximum atomic E-state index is 15.1. The fourth-order valence-corrected chi connectivity index (χ4v) is 4.52. The Morgan fingerprint density at radius 1 is 1.11 bits per heavy atom. The molecule has 194 valence electrons. The van der Waals surface area contributed by atoms with Crippen LogP contribution in [0.15, 0.2) is 71.8 Å². The SMILES string of the molecule is NC(=S)N/N=C/c1cc(F)c(N2CCN(Cc3ccccc3Cl)[C@@H](COCc3ccccc3)C2)cc1F. The summed E-state index contributed by atoms with van der Waals surface area (Å²) in [4.78, 5) is 4.13. The lowest BCUT2D eigenvalue weighted by Crippen LogP contribution is -2.54. The summed E-state index contributed by atoms with van der Waals surface area (Å²) in [7, 11) is 0. The first kappa shape index (κ1) is 26.9. The lowest BCUT2D eigenvalue weighted by Gasteiger charge is -2.42. The van der Waals surface area contributed by atoms with Gasteiger partial charge in [-0.15, -0.1) is 0 Å². The van der Waals surface area contributed by atoms with Gasteiger partial charge in [-0.25, -0.2) is 8.78 Å². The average Bonchev–Trinajstić information content (AvgIpc) is 2.88. The molecule has 1 fully saturated rings. The van der Waals surface area contributed by atoms with E-state index < -0.39 is 11.6 Å². The van der Waals surface area contributed by atoms with Crippen LogP contribution in [0, 0.1) is 11.6 Å². The van der Waals surface area contributed by atoms with Gasteiger partial charge in [0.1, 0.15) is 11.6 Å². The Morgan fingerprint density at radius 3 is 2.62 bits per heavy atom. The van der Waals surface area contributed by atoms with Gasteiger partial charge in [0.2, 0.25) is 0 Å². The van der Waals surface area contributed by atoms with Gasteiger partial charge in [-0.3, -0.25) is 10.3 Å². The minimum Gasteiger partial charge on any atom is -0.375 e. The van der Waals surface area contributed by atoms with Crippen molar-refractivity contribution in [3.05, 3.63) is 100 Å². The summed E-state index contributed by atoms with van der Waals surface area (Å²) < 4.78 is 35.9. The van der Waals surface area contributed by atoms with Gasteiger partial charge in [0.05, 0.1) is 31.2 Å². The smallest absolute Gasteiger partial charge is 0.184 e. The van der Waals surface area contributed by atoms with Crippen molar-refractivity contribution >= 4 is 40.8 Å². The molecule has 10 heteroatoms. The van der Waals surface area contributed by atoms with Crippen LogP contribution in [0.4, 0.5) is 14.5 Å². The van der Waals surface area contributed by atoms with Gasteiger partial charge >= 0.3 is 0 Å². The van der Waals surface area contributed by atoms with Crippen molar-refractivity contribution in [2.24, 2.45) is 10.8 Å². The van der Waals surface area contributed by atoms with Crippen molar-refractivity contribution in [3.63, 3.8) is 0 Å². The average molecular weight is 544 g/mol. The van der Waals surface area contributed by atoms with Crippen molar-refractivity contribution in [2.75, 3.05) is 31.1 Å². The monoisotopic (exact) mass is 543 g/mol. The lowest BCUT2D eigenvalue weighted by molar-refractivity contribution is 0.0411. The molecular weight excluding hydrogens is 516 g/mol. The van der Waals surface area contributed by atoms with E-state index in [2.05, 4.69) is 27.6 Å². The summed E-state index contributed by atoms with van der Waals surface area (Å²) in [6.07, 6.45) is 1.14. The van der Waals surface area contributed by atoms with E-state index in [1.54, 1.807) is 0 Å². The number of benzene rings is 3. The molecule has 1 aliphatic heterocycles. The highest BCUT2D eigenvalue weighted by Gasteiger charge is 2.29. The summed E-state index contributed by atoms with van der Waals surface area (Å²) in [5, 5.41) is 4.35. The molecule has 1 heterocycles. The van der Waals surface area contributed by atoms with Crippen LogP contribution in [-0.4, -0.2) is 48.5 Å². The number of ether oxygens (including phenoxy) is 1. The van der Waals surface area contributed by atoms with E-state index in [1.165, 1.54) is 6.07 Å². The van der Waals surface area contributed by atoms with E-state index in [0.29, 0.717) is 44.4 Å². The Balaban J connectivity index is 1.50. The third-order valence-corrected chi connectivity index (χ3v) is 6.60. The second-order valence-electron chi connectivity index (χ2n) is 8.72. The second kappa shape index (κ2) is 12.9. The number of anilines is 1. The standard InChI is InChI=1S/C27H28ClF2N5OS/c28-23-9-5-4-8-20(23)15-34-10-11-35(16-22(34)18-36-17-19-6-2-1-3-7-19)26-13-24(29)21(12-25(26)30)14-32-33-27(31)37/h1-9,12-14,22H,10-11,15-18H2,(H3,31,33,37)/b32-14+/t22-/m1/s1. The number of piperazine rings is 1. The number of hydrogen-bond acceptors (Lipinski definition) is 5. The molecule has 1 atom stereocenters. The topological polar surface area (TPSA) is 66.1 Å². The summed E-state index contributed by atoms with van der Waals surface area (Å²) in [6.45, 7) is 3.14. The van der Waals surface area contributed by atoms with Crippen molar-refractivity contribution in [3.8, 4) is 0 Å². The molecule has 3 aromatic carbocycles. The van der Waals surface area contributed by atoms with Crippen LogP contribution in [0.1, 0.15) is 16.7 Å². The molecule has 4 rings (SSSR count). The molecule has 0 radical (unpaired) electrons. The van der Waals surface area contributed by atoms with E-state index in [0.717, 1.165) is 23.4 Å². The molecule has 1 saturated heterocycles. The number of halogens is 3. The summed E-state index contributed by atoms with van der Waals surface area (Å²) >= 11 is 11.1. The van der Waals surface area contributed by atoms with E-state index in [-0.39, 0.29) is 22.4 Å². The van der Waals surface area contributed by atoms with Gasteiger partial charge < -0.3 is 15.4 Å². The summed E-state index contributed by atoms with van der Waals surface area (Å²) in [5.41, 5.74) is 9.91. The fraction of sp³-hybridized carbons (Fsp3) is 0.259. The quantitative estimate of drug-likeness (QED) is 0.232. The summed E-state index contributed by atoms with van der Waals surface area (Å²) in [5.74, 6) is -1.14. The number of rotatable bonds is 9. The minimum atomic E-state index is -0.597. The van der Waals surface area contributed by atoms with Crippen LogP contribution < -0.4 is 16.1 Å². The third-order valence-electron chi connectivity index (χ3n) is 6.14. The summed E-state index contributed by atoms with van der Waals surface area (Å²) in [6, 6.07) is 19.9. The third kappa shape index (κ3) is 7.45. The molecule has 1 aliphatic rings. The molecule has 0 spiro atoms. The Labute approximate surface area is 225 Å². The van der Waals surface area contributed by atoms with E-state index in [9.17, 15) is 4.39 Å². The lowest BCUT2D eigenvalue weighted by atomic mass is 10.1. The fourth-order valence-electron chi connectivity index (χ4n) is 4.27.